The van der Waals surface area contributed by atoms with Crippen LogP contribution in [0, 0.1) is 6.92 Å². The lowest BCUT2D eigenvalue weighted by Gasteiger charge is -2.20. The van der Waals surface area contributed by atoms with Gasteiger partial charge in [-0.3, -0.25) is 9.78 Å². The summed E-state index contributed by atoms with van der Waals surface area (Å²) in [6.07, 6.45) is -0.708. The molecule has 1 aliphatic carbocycles. The monoisotopic (exact) mass is 438 g/mol. The van der Waals surface area contributed by atoms with Gasteiger partial charge >= 0.3 is 6.18 Å². The van der Waals surface area contributed by atoms with Gasteiger partial charge in [0.05, 0.1) is 28.7 Å². The summed E-state index contributed by atoms with van der Waals surface area (Å²) in [6.45, 7) is 2.08. The molecule has 1 aliphatic rings. The lowest BCUT2D eigenvalue weighted by molar-refractivity contribution is -0.160. The molecule has 0 spiro atoms. The summed E-state index contributed by atoms with van der Waals surface area (Å²) in [4.78, 5) is 21.3. The zero-order valence-electron chi connectivity index (χ0n) is 17.6. The Balaban J connectivity index is 1.73. The maximum atomic E-state index is 13.8. The van der Waals surface area contributed by atoms with E-state index in [0.29, 0.717) is 29.0 Å². The van der Waals surface area contributed by atoms with Crippen molar-refractivity contribution in [1.29, 1.82) is 0 Å². The van der Waals surface area contributed by atoms with E-state index in [4.69, 9.17) is 4.98 Å². The molecule has 1 aromatic carbocycles. The number of hydrogen-bond donors (Lipinski definition) is 0. The summed E-state index contributed by atoms with van der Waals surface area (Å²) in [6, 6.07) is 12.1. The molecule has 5 rings (SSSR count). The summed E-state index contributed by atoms with van der Waals surface area (Å²) in [5.74, 6) is 0.582. The minimum absolute atomic E-state index is 0.100. The molecule has 1 saturated carbocycles. The van der Waals surface area contributed by atoms with E-state index >= 15 is 0 Å². The van der Waals surface area contributed by atoms with Gasteiger partial charge in [-0.2, -0.15) is 13.2 Å². The van der Waals surface area contributed by atoms with Crippen LogP contribution in [0.1, 0.15) is 29.7 Å². The van der Waals surface area contributed by atoms with Gasteiger partial charge in [-0.1, -0.05) is 12.1 Å². The molecule has 0 atom stereocenters. The maximum Gasteiger partial charge on any atom is 0.398 e. The summed E-state index contributed by atoms with van der Waals surface area (Å²) in [7, 11) is 1.67. The second kappa shape index (κ2) is 7.05. The highest BCUT2D eigenvalue weighted by Gasteiger charge is 2.64. The lowest BCUT2D eigenvalue weighted by Crippen LogP contribution is -2.28. The molecule has 0 unspecified atom stereocenters. The van der Waals surface area contributed by atoms with Gasteiger partial charge < -0.3 is 9.13 Å². The quantitative estimate of drug-likeness (QED) is 0.462. The standard InChI is InChI=1S/C24H21F3N4O/c1-15-11-16(13-30(2)22(15)32)21-29-19-7-6-17(23(8-9-23)24(25,26)27)12-20(19)31(21)14-18-5-3-4-10-28-18/h3-7,10-13H,8-9,14H2,1-2H3. The number of alkyl halides is 3. The van der Waals surface area contributed by atoms with Gasteiger partial charge in [0, 0.05) is 30.6 Å². The van der Waals surface area contributed by atoms with Crippen molar-refractivity contribution in [3.8, 4) is 11.4 Å². The van der Waals surface area contributed by atoms with Crippen molar-refractivity contribution in [3.05, 3.63) is 82.0 Å². The molecule has 3 heterocycles. The highest BCUT2D eigenvalue weighted by atomic mass is 19.4. The van der Waals surface area contributed by atoms with Gasteiger partial charge in [0.15, 0.2) is 0 Å². The van der Waals surface area contributed by atoms with Crippen LogP contribution in [0.5, 0.6) is 0 Å². The maximum absolute atomic E-state index is 13.8. The van der Waals surface area contributed by atoms with Crippen LogP contribution in [0.4, 0.5) is 13.2 Å². The van der Waals surface area contributed by atoms with Gasteiger partial charge in [-0.25, -0.2) is 4.98 Å². The first-order valence-corrected chi connectivity index (χ1v) is 10.3. The summed E-state index contributed by atoms with van der Waals surface area (Å²) >= 11 is 0. The Hall–Kier alpha value is -3.42. The molecule has 0 aliphatic heterocycles. The fourth-order valence-electron chi connectivity index (χ4n) is 4.32. The highest BCUT2D eigenvalue weighted by molar-refractivity contribution is 5.82. The second-order valence-corrected chi connectivity index (χ2v) is 8.45. The second-order valence-electron chi connectivity index (χ2n) is 8.45. The number of rotatable bonds is 4. The molecule has 3 aromatic heterocycles. The van der Waals surface area contributed by atoms with Crippen LogP contribution >= 0.6 is 0 Å². The smallest absolute Gasteiger partial charge is 0.318 e. The number of hydrogen-bond acceptors (Lipinski definition) is 3. The summed E-state index contributed by atoms with van der Waals surface area (Å²) < 4.78 is 44.7. The highest BCUT2D eigenvalue weighted by Crippen LogP contribution is 2.59. The van der Waals surface area contributed by atoms with Crippen LogP contribution in [-0.4, -0.2) is 25.3 Å². The Labute approximate surface area is 182 Å². The molecule has 0 saturated heterocycles. The third-order valence-electron chi connectivity index (χ3n) is 6.26. The average Bonchev–Trinajstić information content (AvgIpc) is 3.51. The fourth-order valence-corrected chi connectivity index (χ4v) is 4.32. The van der Waals surface area contributed by atoms with E-state index in [0.717, 1.165) is 11.3 Å². The van der Waals surface area contributed by atoms with Crippen molar-refractivity contribution in [2.75, 3.05) is 0 Å². The van der Waals surface area contributed by atoms with Crippen LogP contribution in [0.15, 0.2) is 59.7 Å². The van der Waals surface area contributed by atoms with Crippen LogP contribution in [0.3, 0.4) is 0 Å². The van der Waals surface area contributed by atoms with Crippen molar-refractivity contribution in [3.63, 3.8) is 0 Å². The average molecular weight is 438 g/mol. The Kier molecular flexibility index (Phi) is 4.51. The minimum Gasteiger partial charge on any atom is -0.318 e. The molecule has 1 fully saturated rings. The number of aromatic nitrogens is 4. The number of aryl methyl sites for hydroxylation is 2. The van der Waals surface area contributed by atoms with Crippen LogP contribution in [0.2, 0.25) is 0 Å². The molecular formula is C24H21F3N4O. The molecule has 32 heavy (non-hydrogen) atoms. The number of benzene rings is 1. The Morgan fingerprint density at radius 3 is 2.53 bits per heavy atom. The van der Waals surface area contributed by atoms with Gasteiger partial charge in [-0.05, 0) is 55.7 Å². The number of nitrogens with zero attached hydrogens (tertiary/aromatic N) is 4. The number of pyridine rings is 2. The lowest BCUT2D eigenvalue weighted by atomic mass is 9.95. The van der Waals surface area contributed by atoms with Crippen molar-refractivity contribution in [2.45, 2.75) is 37.9 Å². The first kappa shape index (κ1) is 20.5. The van der Waals surface area contributed by atoms with Crippen molar-refractivity contribution in [2.24, 2.45) is 7.05 Å². The molecule has 8 heteroatoms. The van der Waals surface area contributed by atoms with Crippen molar-refractivity contribution in [1.82, 2.24) is 19.1 Å². The normalized spacial score (nSPS) is 15.3. The molecule has 0 bridgehead atoms. The predicted molar refractivity (Wildman–Crippen MR) is 115 cm³/mol. The summed E-state index contributed by atoms with van der Waals surface area (Å²) in [5, 5.41) is 0. The van der Waals surface area contributed by atoms with Crippen molar-refractivity contribution < 1.29 is 13.2 Å². The molecule has 0 N–H and O–H groups in total. The van der Waals surface area contributed by atoms with E-state index in [2.05, 4.69) is 4.98 Å². The molecule has 164 valence electrons. The summed E-state index contributed by atoms with van der Waals surface area (Å²) in [5.41, 5.74) is 1.65. The van der Waals surface area contributed by atoms with Gasteiger partial charge in [0.2, 0.25) is 0 Å². The van der Waals surface area contributed by atoms with Crippen molar-refractivity contribution >= 4 is 11.0 Å². The third kappa shape index (κ3) is 3.21. The van der Waals surface area contributed by atoms with E-state index in [-0.39, 0.29) is 24.0 Å². The molecule has 5 nitrogen and oxygen atoms in total. The SMILES string of the molecule is Cc1cc(-c2nc3ccc(C4(C(F)(F)F)CC4)cc3n2Cc2ccccn2)cn(C)c1=O. The Morgan fingerprint density at radius 2 is 1.91 bits per heavy atom. The topological polar surface area (TPSA) is 52.7 Å². The zero-order valence-corrected chi connectivity index (χ0v) is 17.6. The van der Waals surface area contributed by atoms with Gasteiger partial charge in [0.1, 0.15) is 5.82 Å². The third-order valence-corrected chi connectivity index (χ3v) is 6.26. The molecular weight excluding hydrogens is 417 g/mol. The number of halogens is 3. The largest absolute Gasteiger partial charge is 0.398 e. The van der Waals surface area contributed by atoms with Gasteiger partial charge in [-0.15, -0.1) is 0 Å². The van der Waals surface area contributed by atoms with E-state index in [1.165, 1.54) is 10.6 Å². The first-order chi connectivity index (χ1) is 15.2. The fraction of sp³-hybridized carbons (Fsp3) is 0.292. The van der Waals surface area contributed by atoms with Crippen LogP contribution in [-0.2, 0) is 19.0 Å². The molecule has 0 amide bonds. The van der Waals surface area contributed by atoms with E-state index in [1.807, 2.05) is 22.8 Å². The van der Waals surface area contributed by atoms with E-state index in [1.54, 1.807) is 44.6 Å². The van der Waals surface area contributed by atoms with Crippen LogP contribution in [0.25, 0.3) is 22.4 Å². The van der Waals surface area contributed by atoms with Gasteiger partial charge in [0.25, 0.3) is 5.56 Å². The Bertz CT molecular complexity index is 1360. The van der Waals surface area contributed by atoms with E-state index < -0.39 is 11.6 Å². The van der Waals surface area contributed by atoms with Crippen LogP contribution < -0.4 is 5.56 Å². The first-order valence-electron chi connectivity index (χ1n) is 10.3. The minimum atomic E-state index is -4.29. The number of imidazole rings is 1. The predicted octanol–water partition coefficient (Wildman–Crippen LogP) is 4.75. The Morgan fingerprint density at radius 1 is 1.12 bits per heavy atom. The molecule has 4 aromatic rings. The molecule has 0 radical (unpaired) electrons. The number of fused-ring (bicyclic) bond motifs is 1. The van der Waals surface area contributed by atoms with E-state index in [9.17, 15) is 18.0 Å². The zero-order chi connectivity index (χ0) is 22.7.